The van der Waals surface area contributed by atoms with E-state index in [1.54, 1.807) is 39.2 Å². The van der Waals surface area contributed by atoms with E-state index in [0.29, 0.717) is 17.7 Å². The molecule has 4 heteroatoms. The van der Waals surface area contributed by atoms with Gasteiger partial charge in [-0.25, -0.2) is 0 Å². The lowest BCUT2D eigenvalue weighted by atomic mass is 9.85. The summed E-state index contributed by atoms with van der Waals surface area (Å²) in [5.41, 5.74) is 0.404. The normalized spacial score (nSPS) is 11.5. The van der Waals surface area contributed by atoms with Crippen molar-refractivity contribution in [3.05, 3.63) is 29.3 Å². The minimum atomic E-state index is -0.900. The first-order valence-corrected chi connectivity index (χ1v) is 5.40. The lowest BCUT2D eigenvalue weighted by molar-refractivity contribution is -0.146. The van der Waals surface area contributed by atoms with Crippen molar-refractivity contribution in [2.24, 2.45) is 5.41 Å². The van der Waals surface area contributed by atoms with Gasteiger partial charge in [0, 0.05) is 12.7 Å². The van der Waals surface area contributed by atoms with Crippen molar-refractivity contribution in [3.8, 4) is 5.75 Å². The lowest BCUT2D eigenvalue weighted by Crippen LogP contribution is -2.26. The van der Waals surface area contributed by atoms with Gasteiger partial charge in [-0.1, -0.05) is 18.2 Å². The number of phenols is 1. The van der Waals surface area contributed by atoms with E-state index in [2.05, 4.69) is 0 Å². The van der Waals surface area contributed by atoms with Gasteiger partial charge in [0.2, 0.25) is 0 Å². The first kappa shape index (κ1) is 13.5. The van der Waals surface area contributed by atoms with Crippen LogP contribution in [0.1, 0.15) is 25.0 Å². The zero-order valence-corrected chi connectivity index (χ0v) is 10.4. The molecule has 0 aliphatic carbocycles. The summed E-state index contributed by atoms with van der Waals surface area (Å²) in [6, 6.07) is 5.29. The van der Waals surface area contributed by atoms with E-state index in [1.807, 2.05) is 0 Å². The van der Waals surface area contributed by atoms with E-state index in [1.165, 1.54) is 0 Å². The summed E-state index contributed by atoms with van der Waals surface area (Å²) in [6.07, 6.45) is 0.283. The molecule has 0 heterocycles. The van der Waals surface area contributed by atoms with Crippen LogP contribution < -0.4 is 0 Å². The molecular formula is C13H18O4. The van der Waals surface area contributed by atoms with E-state index in [-0.39, 0.29) is 12.2 Å². The number of carbonyl (C=O) groups is 1. The third-order valence-corrected chi connectivity index (χ3v) is 2.71. The molecule has 0 saturated heterocycles. The smallest absolute Gasteiger partial charge is 0.309 e. The molecule has 0 spiro atoms. The summed E-state index contributed by atoms with van der Waals surface area (Å²) in [6.45, 7) is 3.59. The largest absolute Gasteiger partial charge is 0.507 e. The van der Waals surface area contributed by atoms with Crippen LogP contribution in [0.2, 0.25) is 0 Å². The maximum atomic E-state index is 11.0. The fourth-order valence-electron chi connectivity index (χ4n) is 1.61. The van der Waals surface area contributed by atoms with Crippen LogP contribution >= 0.6 is 0 Å². The maximum Gasteiger partial charge on any atom is 0.309 e. The number of phenolic OH excluding ortho intramolecular Hbond substituents is 1. The minimum Gasteiger partial charge on any atom is -0.507 e. The van der Waals surface area contributed by atoms with E-state index in [4.69, 9.17) is 9.84 Å². The van der Waals surface area contributed by atoms with Gasteiger partial charge < -0.3 is 14.9 Å². The van der Waals surface area contributed by atoms with Crippen LogP contribution in [-0.2, 0) is 22.6 Å². The Balaban J connectivity index is 2.99. The number of carboxylic acids is 1. The number of ether oxygens (including phenoxy) is 1. The zero-order chi connectivity index (χ0) is 13.1. The van der Waals surface area contributed by atoms with Crippen LogP contribution in [0.3, 0.4) is 0 Å². The van der Waals surface area contributed by atoms with Crippen molar-refractivity contribution in [2.75, 3.05) is 7.11 Å². The third-order valence-electron chi connectivity index (χ3n) is 2.71. The average molecular weight is 238 g/mol. The molecule has 1 aromatic carbocycles. The van der Waals surface area contributed by atoms with Gasteiger partial charge in [-0.3, -0.25) is 4.79 Å². The van der Waals surface area contributed by atoms with E-state index >= 15 is 0 Å². The number of carboxylic acid groups (broad SMARTS) is 1. The SMILES string of the molecule is COCc1cccc(CC(C)(C)C(=O)O)c1O. The number of hydrogen-bond acceptors (Lipinski definition) is 3. The van der Waals surface area contributed by atoms with Gasteiger partial charge in [-0.15, -0.1) is 0 Å². The van der Waals surface area contributed by atoms with Crippen molar-refractivity contribution >= 4 is 5.97 Å². The predicted molar refractivity (Wildman–Crippen MR) is 63.9 cm³/mol. The van der Waals surface area contributed by atoms with Crippen molar-refractivity contribution in [1.29, 1.82) is 0 Å². The van der Waals surface area contributed by atoms with Crippen LogP contribution in [-0.4, -0.2) is 23.3 Å². The fourth-order valence-corrected chi connectivity index (χ4v) is 1.61. The first-order chi connectivity index (χ1) is 7.88. The summed E-state index contributed by atoms with van der Waals surface area (Å²) < 4.78 is 4.96. The van der Waals surface area contributed by atoms with Crippen LogP contribution in [0, 0.1) is 5.41 Å². The van der Waals surface area contributed by atoms with Gasteiger partial charge in [0.15, 0.2) is 0 Å². The number of para-hydroxylation sites is 1. The van der Waals surface area contributed by atoms with E-state index in [0.717, 1.165) is 0 Å². The van der Waals surface area contributed by atoms with Gasteiger partial charge in [0.1, 0.15) is 5.75 Å². The molecule has 0 atom stereocenters. The number of rotatable bonds is 5. The molecule has 0 bridgehead atoms. The maximum absolute atomic E-state index is 11.0. The molecule has 94 valence electrons. The Labute approximate surface area is 101 Å². The Kier molecular flexibility index (Phi) is 4.12. The zero-order valence-electron chi connectivity index (χ0n) is 10.4. The Morgan fingerprint density at radius 2 is 1.94 bits per heavy atom. The van der Waals surface area contributed by atoms with Gasteiger partial charge in [-0.2, -0.15) is 0 Å². The highest BCUT2D eigenvalue weighted by Crippen LogP contribution is 2.30. The Bertz CT molecular complexity index is 410. The Hall–Kier alpha value is -1.55. The minimum absolute atomic E-state index is 0.128. The van der Waals surface area contributed by atoms with Crippen molar-refractivity contribution in [3.63, 3.8) is 0 Å². The van der Waals surface area contributed by atoms with Crippen molar-refractivity contribution in [1.82, 2.24) is 0 Å². The summed E-state index contributed by atoms with van der Waals surface area (Å²) >= 11 is 0. The number of benzene rings is 1. The Morgan fingerprint density at radius 1 is 1.35 bits per heavy atom. The molecule has 1 aromatic rings. The summed E-state index contributed by atoms with van der Waals surface area (Å²) in [5.74, 6) is -0.752. The van der Waals surface area contributed by atoms with Crippen molar-refractivity contribution in [2.45, 2.75) is 26.9 Å². The summed E-state index contributed by atoms with van der Waals surface area (Å²) in [7, 11) is 1.55. The highest BCUT2D eigenvalue weighted by molar-refractivity contribution is 5.74. The average Bonchev–Trinajstić information content (AvgIpc) is 2.24. The second-order valence-corrected chi connectivity index (χ2v) is 4.72. The number of aliphatic carboxylic acids is 1. The molecule has 0 saturated carbocycles. The molecule has 0 radical (unpaired) electrons. The quantitative estimate of drug-likeness (QED) is 0.825. The van der Waals surface area contributed by atoms with Gasteiger partial charge in [-0.05, 0) is 25.8 Å². The first-order valence-electron chi connectivity index (χ1n) is 5.40. The van der Waals surface area contributed by atoms with Crippen LogP contribution in [0.25, 0.3) is 0 Å². The van der Waals surface area contributed by atoms with Gasteiger partial charge in [0.05, 0.1) is 12.0 Å². The highest BCUT2D eigenvalue weighted by atomic mass is 16.5. The number of methoxy groups -OCH3 is 1. The fraction of sp³-hybridized carbons (Fsp3) is 0.462. The molecule has 0 aliphatic heterocycles. The molecular weight excluding hydrogens is 220 g/mol. The standard InChI is InChI=1S/C13H18O4/c1-13(2,12(15)16)7-9-5-4-6-10(8-17-3)11(9)14/h4-6,14H,7-8H2,1-3H3,(H,15,16). The third kappa shape index (κ3) is 3.20. The van der Waals surface area contributed by atoms with Gasteiger partial charge in [0.25, 0.3) is 0 Å². The molecule has 0 amide bonds. The van der Waals surface area contributed by atoms with Crippen LogP contribution in [0.15, 0.2) is 18.2 Å². The monoisotopic (exact) mass is 238 g/mol. The highest BCUT2D eigenvalue weighted by Gasteiger charge is 2.28. The molecule has 0 aliphatic rings. The molecule has 1 rings (SSSR count). The molecule has 0 fully saturated rings. The second-order valence-electron chi connectivity index (χ2n) is 4.72. The number of hydrogen-bond donors (Lipinski definition) is 2. The molecule has 17 heavy (non-hydrogen) atoms. The summed E-state index contributed by atoms with van der Waals surface area (Å²) in [5, 5.41) is 19.1. The molecule has 0 unspecified atom stereocenters. The molecule has 2 N–H and O–H groups in total. The van der Waals surface area contributed by atoms with E-state index < -0.39 is 11.4 Å². The van der Waals surface area contributed by atoms with Crippen LogP contribution in [0.5, 0.6) is 5.75 Å². The predicted octanol–water partition coefficient (Wildman–Crippen LogP) is 2.19. The van der Waals surface area contributed by atoms with Gasteiger partial charge >= 0.3 is 5.97 Å². The molecule has 4 nitrogen and oxygen atoms in total. The summed E-state index contributed by atoms with van der Waals surface area (Å²) in [4.78, 5) is 11.0. The second kappa shape index (κ2) is 5.19. The Morgan fingerprint density at radius 3 is 2.47 bits per heavy atom. The topological polar surface area (TPSA) is 66.8 Å². The molecule has 0 aromatic heterocycles. The van der Waals surface area contributed by atoms with E-state index in [9.17, 15) is 9.90 Å². The van der Waals surface area contributed by atoms with Crippen LogP contribution in [0.4, 0.5) is 0 Å². The lowest BCUT2D eigenvalue weighted by Gasteiger charge is -2.20. The van der Waals surface area contributed by atoms with Crippen molar-refractivity contribution < 1.29 is 19.7 Å². The number of aromatic hydroxyl groups is 1.